The number of nitrogens with zero attached hydrogens (tertiary/aromatic N) is 2. The monoisotopic (exact) mass is 383 g/mol. The molecule has 0 unspecified atom stereocenters. The van der Waals surface area contributed by atoms with Gasteiger partial charge < -0.3 is 15.5 Å². The van der Waals surface area contributed by atoms with Crippen LogP contribution in [-0.4, -0.2) is 42.9 Å². The van der Waals surface area contributed by atoms with Crippen LogP contribution in [0.3, 0.4) is 0 Å². The molecule has 7 heteroatoms. The van der Waals surface area contributed by atoms with Gasteiger partial charge in [0.15, 0.2) is 11.6 Å². The summed E-state index contributed by atoms with van der Waals surface area (Å²) in [4.78, 5) is 16.4. The van der Waals surface area contributed by atoms with Crippen molar-refractivity contribution >= 4 is 18.3 Å². The van der Waals surface area contributed by atoms with E-state index in [1.807, 2.05) is 31.1 Å². The van der Waals surface area contributed by atoms with Crippen molar-refractivity contribution in [2.24, 2.45) is 5.73 Å². The zero-order chi connectivity index (χ0) is 18.4. The maximum atomic E-state index is 13.5. The normalized spacial score (nSPS) is 10.5. The first kappa shape index (κ1) is 22.0. The summed E-state index contributed by atoms with van der Waals surface area (Å²) in [6.45, 7) is 1.76. The van der Waals surface area contributed by atoms with Crippen LogP contribution in [0.25, 0.3) is 0 Å². The van der Waals surface area contributed by atoms with Crippen LogP contribution in [0.4, 0.5) is 8.78 Å². The van der Waals surface area contributed by atoms with Gasteiger partial charge in [0.05, 0.1) is 0 Å². The highest BCUT2D eigenvalue weighted by Gasteiger charge is 2.17. The Morgan fingerprint density at radius 1 is 0.962 bits per heavy atom. The van der Waals surface area contributed by atoms with E-state index in [4.69, 9.17) is 5.73 Å². The lowest BCUT2D eigenvalue weighted by Gasteiger charge is -2.25. The molecule has 4 nitrogen and oxygen atoms in total. The number of amides is 1. The van der Waals surface area contributed by atoms with Gasteiger partial charge in [-0.25, -0.2) is 8.78 Å². The minimum absolute atomic E-state index is 0. The lowest BCUT2D eigenvalue weighted by Crippen LogP contribution is -2.36. The second kappa shape index (κ2) is 10.2. The zero-order valence-corrected chi connectivity index (χ0v) is 15.7. The Hall–Kier alpha value is -2.02. The molecule has 2 N–H and O–H groups in total. The number of nitrogens with two attached hydrogens (primary N) is 1. The summed E-state index contributed by atoms with van der Waals surface area (Å²) in [5, 5.41) is 0. The Bertz CT molecular complexity index is 723. The molecular weight excluding hydrogens is 360 g/mol. The van der Waals surface area contributed by atoms with Gasteiger partial charge in [0, 0.05) is 31.7 Å². The molecule has 0 saturated heterocycles. The van der Waals surface area contributed by atoms with Gasteiger partial charge >= 0.3 is 0 Å². The topological polar surface area (TPSA) is 49.6 Å². The second-order valence-electron chi connectivity index (χ2n) is 6.18. The van der Waals surface area contributed by atoms with Gasteiger partial charge in [-0.1, -0.05) is 18.2 Å². The van der Waals surface area contributed by atoms with Crippen molar-refractivity contribution < 1.29 is 13.6 Å². The standard InChI is InChI=1S/C19H23F2N3O.ClH/c1-23(2)9-10-24(13-15-5-8-17(20)18(21)11-15)19(25)16-6-3-14(12-22)4-7-16;/h3-8,11H,9-10,12-13,22H2,1-2H3;1H. The van der Waals surface area contributed by atoms with Crippen LogP contribution in [0.5, 0.6) is 0 Å². The molecule has 0 bridgehead atoms. The Morgan fingerprint density at radius 2 is 1.58 bits per heavy atom. The molecule has 0 fully saturated rings. The Balaban J connectivity index is 0.00000338. The highest BCUT2D eigenvalue weighted by atomic mass is 35.5. The number of benzene rings is 2. The van der Waals surface area contributed by atoms with Crippen LogP contribution >= 0.6 is 12.4 Å². The smallest absolute Gasteiger partial charge is 0.254 e. The molecule has 0 aliphatic carbocycles. The molecule has 0 aliphatic heterocycles. The van der Waals surface area contributed by atoms with Crippen molar-refractivity contribution in [3.8, 4) is 0 Å². The molecule has 2 aromatic carbocycles. The van der Waals surface area contributed by atoms with Gasteiger partial charge in [-0.05, 0) is 49.5 Å². The molecule has 142 valence electrons. The average Bonchev–Trinajstić information content (AvgIpc) is 2.61. The third-order valence-electron chi connectivity index (χ3n) is 3.90. The van der Waals surface area contributed by atoms with E-state index in [-0.39, 0.29) is 24.9 Å². The Morgan fingerprint density at radius 3 is 2.12 bits per heavy atom. The minimum atomic E-state index is -0.912. The molecule has 0 heterocycles. The lowest BCUT2D eigenvalue weighted by molar-refractivity contribution is 0.0731. The predicted molar refractivity (Wildman–Crippen MR) is 101 cm³/mol. The number of likely N-dealkylation sites (N-methyl/N-ethyl adjacent to an activating group) is 1. The van der Waals surface area contributed by atoms with Crippen molar-refractivity contribution in [2.45, 2.75) is 13.1 Å². The number of carbonyl (C=O) groups is 1. The highest BCUT2D eigenvalue weighted by Crippen LogP contribution is 2.14. The molecule has 0 atom stereocenters. The number of carbonyl (C=O) groups excluding carboxylic acids is 1. The fourth-order valence-corrected chi connectivity index (χ4v) is 2.40. The Labute approximate surface area is 159 Å². The lowest BCUT2D eigenvalue weighted by atomic mass is 10.1. The first-order valence-corrected chi connectivity index (χ1v) is 8.07. The van der Waals surface area contributed by atoms with Crippen LogP contribution < -0.4 is 5.73 Å². The van der Waals surface area contributed by atoms with Crippen molar-refractivity contribution in [1.29, 1.82) is 0 Å². The van der Waals surface area contributed by atoms with E-state index in [1.54, 1.807) is 17.0 Å². The van der Waals surface area contributed by atoms with Crippen molar-refractivity contribution in [1.82, 2.24) is 9.80 Å². The summed E-state index contributed by atoms with van der Waals surface area (Å²) >= 11 is 0. The number of hydrogen-bond donors (Lipinski definition) is 1. The van der Waals surface area contributed by atoms with E-state index in [1.165, 1.54) is 6.07 Å². The first-order valence-electron chi connectivity index (χ1n) is 8.07. The van der Waals surface area contributed by atoms with Crippen LogP contribution in [0.15, 0.2) is 42.5 Å². The van der Waals surface area contributed by atoms with E-state index < -0.39 is 11.6 Å². The summed E-state index contributed by atoms with van der Waals surface area (Å²) in [5.74, 6) is -1.97. The molecular formula is C19H24ClF2N3O. The average molecular weight is 384 g/mol. The number of rotatable bonds is 7. The summed E-state index contributed by atoms with van der Waals surface area (Å²) in [5.41, 5.74) is 7.61. The molecule has 0 saturated carbocycles. The van der Waals surface area contributed by atoms with E-state index >= 15 is 0 Å². The van der Waals surface area contributed by atoms with Gasteiger partial charge in [-0.3, -0.25) is 4.79 Å². The van der Waals surface area contributed by atoms with Gasteiger partial charge in [0.2, 0.25) is 0 Å². The van der Waals surface area contributed by atoms with Crippen LogP contribution in [0.1, 0.15) is 21.5 Å². The minimum Gasteiger partial charge on any atom is -0.333 e. The van der Waals surface area contributed by atoms with Crippen LogP contribution in [0, 0.1) is 11.6 Å². The predicted octanol–water partition coefficient (Wildman–Crippen LogP) is 3.05. The second-order valence-corrected chi connectivity index (χ2v) is 6.18. The Kier molecular flexibility index (Phi) is 8.65. The maximum Gasteiger partial charge on any atom is 0.254 e. The fourth-order valence-electron chi connectivity index (χ4n) is 2.40. The zero-order valence-electron chi connectivity index (χ0n) is 14.9. The van der Waals surface area contributed by atoms with Crippen molar-refractivity contribution in [2.75, 3.05) is 27.2 Å². The molecule has 0 radical (unpaired) electrons. The number of halogens is 3. The maximum absolute atomic E-state index is 13.5. The molecule has 0 aromatic heterocycles. The van der Waals surface area contributed by atoms with E-state index in [2.05, 4.69) is 0 Å². The summed E-state index contributed by atoms with van der Waals surface area (Å²) < 4.78 is 26.6. The highest BCUT2D eigenvalue weighted by molar-refractivity contribution is 5.94. The molecule has 26 heavy (non-hydrogen) atoms. The van der Waals surface area contributed by atoms with Gasteiger partial charge in [-0.15, -0.1) is 12.4 Å². The largest absolute Gasteiger partial charge is 0.333 e. The van der Waals surface area contributed by atoms with Crippen LogP contribution in [-0.2, 0) is 13.1 Å². The number of hydrogen-bond acceptors (Lipinski definition) is 3. The van der Waals surface area contributed by atoms with Gasteiger partial charge in [0.1, 0.15) is 0 Å². The summed E-state index contributed by atoms with van der Waals surface area (Å²) in [7, 11) is 3.83. The van der Waals surface area contributed by atoms with Gasteiger partial charge in [0.25, 0.3) is 5.91 Å². The van der Waals surface area contributed by atoms with E-state index in [0.29, 0.717) is 30.8 Å². The fraction of sp³-hybridized carbons (Fsp3) is 0.316. The quantitative estimate of drug-likeness (QED) is 0.799. The molecule has 2 aromatic rings. The molecule has 0 aliphatic rings. The molecule has 1 amide bonds. The third kappa shape index (κ3) is 6.05. The van der Waals surface area contributed by atoms with E-state index in [0.717, 1.165) is 17.7 Å². The SMILES string of the molecule is CN(C)CCN(Cc1ccc(F)c(F)c1)C(=O)c1ccc(CN)cc1.Cl. The van der Waals surface area contributed by atoms with Crippen molar-refractivity contribution in [3.05, 3.63) is 70.8 Å². The van der Waals surface area contributed by atoms with E-state index in [9.17, 15) is 13.6 Å². The van der Waals surface area contributed by atoms with Crippen molar-refractivity contribution in [3.63, 3.8) is 0 Å². The first-order chi connectivity index (χ1) is 11.9. The van der Waals surface area contributed by atoms with Gasteiger partial charge in [-0.2, -0.15) is 0 Å². The summed E-state index contributed by atoms with van der Waals surface area (Å²) in [6, 6.07) is 10.8. The third-order valence-corrected chi connectivity index (χ3v) is 3.90. The van der Waals surface area contributed by atoms with Crippen LogP contribution in [0.2, 0.25) is 0 Å². The summed E-state index contributed by atoms with van der Waals surface area (Å²) in [6.07, 6.45) is 0. The molecule has 2 rings (SSSR count). The molecule has 0 spiro atoms.